The van der Waals surface area contributed by atoms with Crippen LogP contribution in [0.2, 0.25) is 0 Å². The fourth-order valence-corrected chi connectivity index (χ4v) is 1.89. The molecule has 0 aliphatic carbocycles. The Balaban J connectivity index is 0.000000511. The molecular formula is C18H20O10. The van der Waals surface area contributed by atoms with Crippen molar-refractivity contribution in [2.24, 2.45) is 0 Å². The summed E-state index contributed by atoms with van der Waals surface area (Å²) in [4.78, 5) is 41.3. The van der Waals surface area contributed by atoms with E-state index in [1.165, 1.54) is 6.07 Å². The first kappa shape index (κ1) is 24.5. The molecule has 0 atom stereocenters. The summed E-state index contributed by atoms with van der Waals surface area (Å²) in [5.74, 6) is -4.61. The van der Waals surface area contributed by atoms with Crippen molar-refractivity contribution in [1.82, 2.24) is 0 Å². The molecule has 2 aromatic rings. The molecule has 10 heteroatoms. The van der Waals surface area contributed by atoms with Crippen molar-refractivity contribution in [3.8, 4) is 0 Å². The smallest absolute Gasteiger partial charge is 0.337 e. The van der Waals surface area contributed by atoms with E-state index in [0.29, 0.717) is 10.8 Å². The van der Waals surface area contributed by atoms with Crippen LogP contribution in [0.15, 0.2) is 36.4 Å². The first-order chi connectivity index (χ1) is 13.1. The summed E-state index contributed by atoms with van der Waals surface area (Å²) in [6.07, 6.45) is -0.593. The van der Waals surface area contributed by atoms with Crippen LogP contribution >= 0.6 is 0 Å². The Labute approximate surface area is 158 Å². The van der Waals surface area contributed by atoms with Crippen LogP contribution in [0.25, 0.3) is 10.8 Å². The number of aliphatic hydroxyl groups is 2. The lowest BCUT2D eigenvalue weighted by molar-refractivity contribution is -0.143. The Morgan fingerprint density at radius 2 is 1.18 bits per heavy atom. The predicted octanol–water partition coefficient (Wildman–Crippen LogP) is 1.14. The molecule has 0 aliphatic heterocycles. The lowest BCUT2D eigenvalue weighted by Gasteiger charge is -2.05. The molecule has 0 radical (unpaired) electrons. The Hall–Kier alpha value is -3.50. The third kappa shape index (κ3) is 8.74. The van der Waals surface area contributed by atoms with Crippen molar-refractivity contribution >= 4 is 34.6 Å². The zero-order valence-electron chi connectivity index (χ0n) is 14.6. The number of carbonyl (C=O) groups is 4. The van der Waals surface area contributed by atoms with E-state index in [2.05, 4.69) is 0 Å². The second-order valence-electron chi connectivity index (χ2n) is 5.05. The van der Waals surface area contributed by atoms with Crippen molar-refractivity contribution < 1.29 is 49.8 Å². The van der Waals surface area contributed by atoms with Crippen LogP contribution < -0.4 is 0 Å². The summed E-state index contributed by atoms with van der Waals surface area (Å²) in [5, 5.41) is 50.2. The van der Waals surface area contributed by atoms with E-state index >= 15 is 0 Å². The number of fused-ring (bicyclic) bond motifs is 1. The zero-order valence-corrected chi connectivity index (χ0v) is 14.6. The van der Waals surface area contributed by atoms with Gasteiger partial charge >= 0.3 is 23.9 Å². The fraction of sp³-hybridized carbons (Fsp3) is 0.222. The van der Waals surface area contributed by atoms with Crippen molar-refractivity contribution in [3.05, 3.63) is 47.5 Å². The summed E-state index contributed by atoms with van der Waals surface area (Å²) in [5.41, 5.74) is -0.350. The Morgan fingerprint density at radius 3 is 1.57 bits per heavy atom. The lowest BCUT2D eigenvalue weighted by atomic mass is 9.99. The van der Waals surface area contributed by atoms with Crippen molar-refractivity contribution in [2.45, 2.75) is 12.8 Å². The summed E-state index contributed by atoms with van der Waals surface area (Å²) in [7, 11) is 0. The summed E-state index contributed by atoms with van der Waals surface area (Å²) < 4.78 is 0. The molecule has 0 aliphatic rings. The van der Waals surface area contributed by atoms with Gasteiger partial charge in [-0.05, 0) is 16.8 Å². The van der Waals surface area contributed by atoms with Gasteiger partial charge in [-0.1, -0.05) is 30.3 Å². The number of benzene rings is 2. The number of carboxylic acids is 4. The molecule has 0 bridgehead atoms. The van der Waals surface area contributed by atoms with Gasteiger partial charge in [0.2, 0.25) is 0 Å². The predicted molar refractivity (Wildman–Crippen MR) is 96.5 cm³/mol. The first-order valence-corrected chi connectivity index (χ1v) is 7.79. The largest absolute Gasteiger partial charge is 0.481 e. The lowest BCUT2D eigenvalue weighted by Crippen LogP contribution is -2.08. The molecule has 2 rings (SSSR count). The van der Waals surface area contributed by atoms with Crippen LogP contribution in [0.4, 0.5) is 0 Å². The third-order valence-corrected chi connectivity index (χ3v) is 3.03. The van der Waals surface area contributed by atoms with Crippen LogP contribution in [0.5, 0.6) is 0 Å². The molecule has 0 amide bonds. The van der Waals surface area contributed by atoms with E-state index < -0.39 is 23.9 Å². The normalized spacial score (nSPS) is 9.36. The van der Waals surface area contributed by atoms with Crippen molar-refractivity contribution in [3.63, 3.8) is 0 Å². The SMILES string of the molecule is O=C(O)CCC(=O)O.O=C(O)c1ccc2ccccc2c1C(=O)O.OCCO. The second-order valence-corrected chi connectivity index (χ2v) is 5.05. The zero-order chi connectivity index (χ0) is 21.7. The first-order valence-electron chi connectivity index (χ1n) is 7.79. The Morgan fingerprint density at radius 1 is 0.679 bits per heavy atom. The fourth-order valence-electron chi connectivity index (χ4n) is 1.89. The molecule has 0 spiro atoms. The van der Waals surface area contributed by atoms with Crippen LogP contribution in [0.3, 0.4) is 0 Å². The van der Waals surface area contributed by atoms with Gasteiger partial charge in [-0.2, -0.15) is 0 Å². The molecule has 0 heterocycles. The minimum atomic E-state index is -1.23. The molecule has 0 saturated heterocycles. The highest BCUT2D eigenvalue weighted by Gasteiger charge is 2.18. The minimum Gasteiger partial charge on any atom is -0.481 e. The van der Waals surface area contributed by atoms with Crippen molar-refractivity contribution in [2.75, 3.05) is 13.2 Å². The monoisotopic (exact) mass is 396 g/mol. The molecule has 10 nitrogen and oxygen atoms in total. The van der Waals surface area contributed by atoms with Gasteiger partial charge in [0.15, 0.2) is 0 Å². The molecule has 152 valence electrons. The van der Waals surface area contributed by atoms with Gasteiger partial charge in [0.1, 0.15) is 0 Å². The van der Waals surface area contributed by atoms with Crippen LogP contribution in [-0.2, 0) is 9.59 Å². The average molecular weight is 396 g/mol. The highest BCUT2D eigenvalue weighted by Crippen LogP contribution is 2.22. The maximum absolute atomic E-state index is 11.1. The van der Waals surface area contributed by atoms with Gasteiger partial charge in [0, 0.05) is 0 Å². The minimum absolute atomic E-state index is 0.125. The van der Waals surface area contributed by atoms with Crippen LogP contribution in [0.1, 0.15) is 33.6 Å². The summed E-state index contributed by atoms with van der Waals surface area (Å²) in [6, 6.07) is 9.72. The van der Waals surface area contributed by atoms with Crippen LogP contribution in [-0.4, -0.2) is 67.7 Å². The van der Waals surface area contributed by atoms with Gasteiger partial charge in [-0.25, -0.2) is 9.59 Å². The molecule has 2 aromatic carbocycles. The number of aromatic carboxylic acids is 2. The molecular weight excluding hydrogens is 376 g/mol. The van der Waals surface area contributed by atoms with Gasteiger partial charge in [-0.15, -0.1) is 0 Å². The molecule has 28 heavy (non-hydrogen) atoms. The number of rotatable bonds is 6. The average Bonchev–Trinajstić information content (AvgIpc) is 2.65. The quantitative estimate of drug-likeness (QED) is 0.413. The maximum atomic E-state index is 11.1. The number of aliphatic carboxylic acids is 2. The topological polar surface area (TPSA) is 190 Å². The number of carboxylic acid groups (broad SMARTS) is 4. The molecule has 6 N–H and O–H groups in total. The van der Waals surface area contributed by atoms with E-state index in [1.54, 1.807) is 30.3 Å². The number of hydrogen-bond donors (Lipinski definition) is 6. The molecule has 0 unspecified atom stereocenters. The van der Waals surface area contributed by atoms with E-state index in [4.69, 9.17) is 30.6 Å². The van der Waals surface area contributed by atoms with E-state index in [1.807, 2.05) is 0 Å². The Kier molecular flexibility index (Phi) is 11.2. The molecule has 0 aromatic heterocycles. The standard InChI is InChI=1S/C12H8O4.C4H6O4.C2H6O2/c13-11(14)9-6-5-7-3-1-2-4-8(7)10(9)12(15)16;5-3(6)1-2-4(7)8;3-1-2-4/h1-6H,(H,13,14)(H,15,16);1-2H2,(H,5,6)(H,7,8);3-4H,1-2H2. The molecule has 0 saturated carbocycles. The number of hydrogen-bond acceptors (Lipinski definition) is 6. The van der Waals surface area contributed by atoms with Gasteiger partial charge in [0.05, 0.1) is 37.2 Å². The van der Waals surface area contributed by atoms with Gasteiger partial charge in [0.25, 0.3) is 0 Å². The van der Waals surface area contributed by atoms with Gasteiger partial charge < -0.3 is 30.6 Å². The highest BCUT2D eigenvalue weighted by atomic mass is 16.4. The van der Waals surface area contributed by atoms with E-state index in [-0.39, 0.29) is 37.2 Å². The maximum Gasteiger partial charge on any atom is 0.337 e. The van der Waals surface area contributed by atoms with E-state index in [9.17, 15) is 19.2 Å². The second kappa shape index (κ2) is 12.8. The van der Waals surface area contributed by atoms with Crippen LogP contribution in [0, 0.1) is 0 Å². The number of aliphatic hydroxyl groups excluding tert-OH is 2. The van der Waals surface area contributed by atoms with E-state index in [0.717, 1.165) is 0 Å². The molecule has 0 fully saturated rings. The highest BCUT2D eigenvalue weighted by molar-refractivity contribution is 6.11. The van der Waals surface area contributed by atoms with Crippen molar-refractivity contribution in [1.29, 1.82) is 0 Å². The third-order valence-electron chi connectivity index (χ3n) is 3.03. The Bertz CT molecular complexity index is 812. The summed E-state index contributed by atoms with van der Waals surface area (Å²) in [6.45, 7) is -0.250. The van der Waals surface area contributed by atoms with Gasteiger partial charge in [-0.3, -0.25) is 9.59 Å². The summed E-state index contributed by atoms with van der Waals surface area (Å²) >= 11 is 0.